The third-order valence-corrected chi connectivity index (χ3v) is 6.97. The SMILES string of the molecule is CSC1CCC(N2CC(C3CC3)NCC2C(C)C)CC1. The van der Waals surface area contributed by atoms with Crippen molar-refractivity contribution in [2.24, 2.45) is 11.8 Å². The number of thioether (sulfide) groups is 1. The van der Waals surface area contributed by atoms with Crippen molar-refractivity contribution in [3.63, 3.8) is 0 Å². The van der Waals surface area contributed by atoms with Gasteiger partial charge in [-0.25, -0.2) is 0 Å². The Bertz CT molecular complexity index is 308. The van der Waals surface area contributed by atoms with Crippen LogP contribution >= 0.6 is 11.8 Å². The molecule has 0 aromatic carbocycles. The van der Waals surface area contributed by atoms with Gasteiger partial charge in [0.25, 0.3) is 0 Å². The number of nitrogens with one attached hydrogen (secondary N) is 1. The average molecular weight is 297 g/mol. The average Bonchev–Trinajstić information content (AvgIpc) is 3.31. The Hall–Kier alpha value is 0.270. The quantitative estimate of drug-likeness (QED) is 0.856. The lowest BCUT2D eigenvalue weighted by Crippen LogP contribution is -2.62. The highest BCUT2D eigenvalue weighted by Gasteiger charge is 2.40. The van der Waals surface area contributed by atoms with Crippen LogP contribution < -0.4 is 5.32 Å². The van der Waals surface area contributed by atoms with E-state index in [4.69, 9.17) is 0 Å². The molecule has 0 amide bonds. The molecule has 3 fully saturated rings. The summed E-state index contributed by atoms with van der Waals surface area (Å²) >= 11 is 2.09. The molecule has 0 aromatic heterocycles. The summed E-state index contributed by atoms with van der Waals surface area (Å²) in [6.45, 7) is 7.36. The molecule has 3 aliphatic rings. The first-order chi connectivity index (χ1) is 9.69. The molecule has 1 saturated heterocycles. The number of piperazine rings is 1. The molecule has 2 unspecified atom stereocenters. The van der Waals surface area contributed by atoms with Crippen LogP contribution in [0.15, 0.2) is 0 Å². The van der Waals surface area contributed by atoms with Crippen molar-refractivity contribution in [3.8, 4) is 0 Å². The van der Waals surface area contributed by atoms with E-state index in [1.165, 1.54) is 51.6 Å². The summed E-state index contributed by atoms with van der Waals surface area (Å²) in [6.07, 6.45) is 11.0. The van der Waals surface area contributed by atoms with Gasteiger partial charge in [-0.3, -0.25) is 4.90 Å². The summed E-state index contributed by atoms with van der Waals surface area (Å²) in [4.78, 5) is 2.92. The maximum absolute atomic E-state index is 3.86. The standard InChI is InChI=1S/C17H32N2S/c1-12(2)17-10-18-16(13-4-5-13)11-19(17)14-6-8-15(20-3)9-7-14/h12-18H,4-11H2,1-3H3. The zero-order valence-corrected chi connectivity index (χ0v) is 14.3. The monoisotopic (exact) mass is 296 g/mol. The van der Waals surface area contributed by atoms with E-state index in [1.807, 2.05) is 0 Å². The third-order valence-electron chi connectivity index (χ3n) is 5.83. The highest BCUT2D eigenvalue weighted by Crippen LogP contribution is 2.37. The topological polar surface area (TPSA) is 15.3 Å². The van der Waals surface area contributed by atoms with Gasteiger partial charge >= 0.3 is 0 Å². The Kier molecular flexibility index (Phi) is 4.99. The second kappa shape index (κ2) is 6.58. The zero-order valence-electron chi connectivity index (χ0n) is 13.5. The van der Waals surface area contributed by atoms with E-state index >= 15 is 0 Å². The van der Waals surface area contributed by atoms with E-state index < -0.39 is 0 Å². The van der Waals surface area contributed by atoms with E-state index in [1.54, 1.807) is 0 Å². The number of hydrogen-bond acceptors (Lipinski definition) is 3. The van der Waals surface area contributed by atoms with Gasteiger partial charge in [0.1, 0.15) is 0 Å². The lowest BCUT2D eigenvalue weighted by Gasteiger charge is -2.48. The molecule has 0 radical (unpaired) electrons. The Labute approximate surface area is 129 Å². The molecule has 20 heavy (non-hydrogen) atoms. The van der Waals surface area contributed by atoms with Crippen LogP contribution in [-0.4, -0.2) is 47.6 Å². The van der Waals surface area contributed by atoms with Crippen LogP contribution in [0.5, 0.6) is 0 Å². The molecule has 0 aromatic rings. The molecule has 2 saturated carbocycles. The normalized spacial score (nSPS) is 40.2. The fourth-order valence-corrected chi connectivity index (χ4v) is 5.03. The van der Waals surface area contributed by atoms with Crippen molar-refractivity contribution in [2.45, 2.75) is 75.7 Å². The summed E-state index contributed by atoms with van der Waals surface area (Å²) in [5.41, 5.74) is 0. The summed E-state index contributed by atoms with van der Waals surface area (Å²) in [5, 5.41) is 4.79. The van der Waals surface area contributed by atoms with Crippen molar-refractivity contribution in [2.75, 3.05) is 19.3 Å². The van der Waals surface area contributed by atoms with Gasteiger partial charge in [0.2, 0.25) is 0 Å². The first kappa shape index (κ1) is 15.2. The first-order valence-corrected chi connectivity index (χ1v) is 9.99. The van der Waals surface area contributed by atoms with Crippen molar-refractivity contribution in [1.29, 1.82) is 0 Å². The molecule has 0 spiro atoms. The Morgan fingerprint density at radius 1 is 1.05 bits per heavy atom. The molecular formula is C17H32N2S. The van der Waals surface area contributed by atoms with Crippen LogP contribution in [0.4, 0.5) is 0 Å². The summed E-state index contributed by atoms with van der Waals surface area (Å²) in [6, 6.07) is 2.43. The van der Waals surface area contributed by atoms with Gasteiger partial charge in [0.05, 0.1) is 0 Å². The lowest BCUT2D eigenvalue weighted by atomic mass is 9.88. The summed E-state index contributed by atoms with van der Waals surface area (Å²) in [5.74, 6) is 1.77. The molecule has 1 heterocycles. The van der Waals surface area contributed by atoms with Gasteiger partial charge in [-0.05, 0) is 56.6 Å². The van der Waals surface area contributed by atoms with Crippen molar-refractivity contribution in [1.82, 2.24) is 10.2 Å². The first-order valence-electron chi connectivity index (χ1n) is 8.71. The molecule has 3 heteroatoms. The van der Waals surface area contributed by atoms with Crippen LogP contribution in [0.1, 0.15) is 52.4 Å². The summed E-state index contributed by atoms with van der Waals surface area (Å²) < 4.78 is 0. The highest BCUT2D eigenvalue weighted by atomic mass is 32.2. The van der Waals surface area contributed by atoms with Crippen LogP contribution in [-0.2, 0) is 0 Å². The minimum absolute atomic E-state index is 0.765. The molecule has 2 atom stereocenters. The summed E-state index contributed by atoms with van der Waals surface area (Å²) in [7, 11) is 0. The van der Waals surface area contributed by atoms with E-state index in [9.17, 15) is 0 Å². The molecule has 116 valence electrons. The molecule has 2 aliphatic carbocycles. The Balaban J connectivity index is 1.63. The van der Waals surface area contributed by atoms with Gasteiger partial charge in [-0.1, -0.05) is 13.8 Å². The predicted octanol–water partition coefficient (Wildman–Crippen LogP) is 3.37. The zero-order chi connectivity index (χ0) is 14.1. The molecule has 1 N–H and O–H groups in total. The Morgan fingerprint density at radius 2 is 1.75 bits per heavy atom. The van der Waals surface area contributed by atoms with Gasteiger partial charge in [-0.2, -0.15) is 11.8 Å². The van der Waals surface area contributed by atoms with Crippen molar-refractivity contribution in [3.05, 3.63) is 0 Å². The fourth-order valence-electron chi connectivity index (χ4n) is 4.28. The van der Waals surface area contributed by atoms with Gasteiger partial charge in [-0.15, -0.1) is 0 Å². The van der Waals surface area contributed by atoms with E-state index in [2.05, 4.69) is 42.1 Å². The molecule has 3 rings (SSSR count). The maximum atomic E-state index is 3.86. The third kappa shape index (κ3) is 3.36. The van der Waals surface area contributed by atoms with Crippen molar-refractivity contribution >= 4 is 11.8 Å². The van der Waals surface area contributed by atoms with E-state index in [0.717, 1.165) is 35.2 Å². The fraction of sp³-hybridized carbons (Fsp3) is 1.00. The number of nitrogens with zero attached hydrogens (tertiary/aromatic N) is 1. The lowest BCUT2D eigenvalue weighted by molar-refractivity contribution is 0.0358. The van der Waals surface area contributed by atoms with Gasteiger partial charge in [0, 0.05) is 36.5 Å². The molecule has 2 nitrogen and oxygen atoms in total. The second-order valence-corrected chi connectivity index (χ2v) is 8.66. The van der Waals surface area contributed by atoms with Crippen LogP contribution in [0.3, 0.4) is 0 Å². The van der Waals surface area contributed by atoms with Crippen LogP contribution in [0.25, 0.3) is 0 Å². The highest BCUT2D eigenvalue weighted by molar-refractivity contribution is 7.99. The maximum Gasteiger partial charge on any atom is 0.0247 e. The van der Waals surface area contributed by atoms with Gasteiger partial charge in [0.15, 0.2) is 0 Å². The molecule has 0 bridgehead atoms. The number of rotatable bonds is 4. The van der Waals surface area contributed by atoms with Crippen LogP contribution in [0, 0.1) is 11.8 Å². The van der Waals surface area contributed by atoms with E-state index in [-0.39, 0.29) is 0 Å². The van der Waals surface area contributed by atoms with Gasteiger partial charge < -0.3 is 5.32 Å². The minimum Gasteiger partial charge on any atom is -0.311 e. The van der Waals surface area contributed by atoms with E-state index in [0.29, 0.717) is 0 Å². The number of hydrogen-bond donors (Lipinski definition) is 1. The van der Waals surface area contributed by atoms with Crippen molar-refractivity contribution < 1.29 is 0 Å². The second-order valence-electron chi connectivity index (χ2n) is 7.53. The molecule has 1 aliphatic heterocycles. The minimum atomic E-state index is 0.765. The molecular weight excluding hydrogens is 264 g/mol. The Morgan fingerprint density at radius 3 is 2.30 bits per heavy atom. The predicted molar refractivity (Wildman–Crippen MR) is 89.4 cm³/mol. The largest absolute Gasteiger partial charge is 0.311 e. The smallest absolute Gasteiger partial charge is 0.0247 e. The van der Waals surface area contributed by atoms with Crippen LogP contribution in [0.2, 0.25) is 0 Å².